The molecule has 2 rings (SSSR count). The molecular weight excluding hydrogens is 339 g/mol. The van der Waals surface area contributed by atoms with E-state index >= 15 is 0 Å². The first-order valence-electron chi connectivity index (χ1n) is 5.67. The van der Waals surface area contributed by atoms with Gasteiger partial charge in [0.25, 0.3) is 0 Å². The Hall–Kier alpha value is -1.07. The average Bonchev–Trinajstić information content (AvgIpc) is 2.39. The Kier molecular flexibility index (Phi) is 3.92. The van der Waals surface area contributed by atoms with Gasteiger partial charge in [-0.15, -0.1) is 0 Å². The number of hydrogen-bond acceptors (Lipinski definition) is 2. The molecule has 18 heavy (non-hydrogen) atoms. The molecule has 1 unspecified atom stereocenters. The van der Waals surface area contributed by atoms with Gasteiger partial charge in [-0.2, -0.15) is 0 Å². The van der Waals surface area contributed by atoms with Crippen molar-refractivity contribution in [2.24, 2.45) is 0 Å². The van der Waals surface area contributed by atoms with Crippen molar-refractivity contribution < 1.29 is 9.84 Å². The smallest absolute Gasteiger partial charge is 0.118 e. The van der Waals surface area contributed by atoms with Gasteiger partial charge in [-0.25, -0.2) is 0 Å². The van der Waals surface area contributed by atoms with E-state index in [1.54, 1.807) is 14.0 Å². The zero-order valence-electron chi connectivity index (χ0n) is 10.4. The maximum absolute atomic E-state index is 10.7. The summed E-state index contributed by atoms with van der Waals surface area (Å²) in [6.45, 7) is 1.80. The zero-order chi connectivity index (χ0) is 13.2. The quantitative estimate of drug-likeness (QED) is 0.855. The van der Waals surface area contributed by atoms with Crippen LogP contribution in [0.2, 0.25) is 0 Å². The average molecular weight is 354 g/mol. The summed E-state index contributed by atoms with van der Waals surface area (Å²) in [6, 6.07) is 15.4. The van der Waals surface area contributed by atoms with Gasteiger partial charge < -0.3 is 9.84 Å². The lowest BCUT2D eigenvalue weighted by Gasteiger charge is -2.24. The second-order valence-electron chi connectivity index (χ2n) is 4.31. The molecule has 2 nitrogen and oxygen atoms in total. The van der Waals surface area contributed by atoms with Crippen LogP contribution in [0, 0.1) is 3.57 Å². The number of aliphatic hydroxyl groups is 1. The highest BCUT2D eigenvalue weighted by Gasteiger charge is 2.25. The second-order valence-corrected chi connectivity index (χ2v) is 5.55. The van der Waals surface area contributed by atoms with E-state index in [-0.39, 0.29) is 0 Å². The molecule has 0 amide bonds. The van der Waals surface area contributed by atoms with E-state index in [9.17, 15) is 5.11 Å². The summed E-state index contributed by atoms with van der Waals surface area (Å²) in [4.78, 5) is 0. The third kappa shape index (κ3) is 2.67. The standard InChI is InChI=1S/C15H15IO2/c1-15(17,11-3-7-13(16)8-4-11)12-5-9-14(18-2)10-6-12/h3-10,17H,1-2H3. The molecule has 0 aliphatic rings. The van der Waals surface area contributed by atoms with Gasteiger partial charge >= 0.3 is 0 Å². The molecule has 0 heterocycles. The third-order valence-corrected chi connectivity index (χ3v) is 3.78. The van der Waals surface area contributed by atoms with Crippen molar-refractivity contribution in [2.45, 2.75) is 12.5 Å². The molecule has 94 valence electrons. The van der Waals surface area contributed by atoms with Crippen molar-refractivity contribution >= 4 is 22.6 Å². The molecule has 0 aliphatic carbocycles. The normalized spacial score (nSPS) is 14.0. The highest BCUT2D eigenvalue weighted by atomic mass is 127. The molecule has 2 aromatic rings. The minimum Gasteiger partial charge on any atom is -0.497 e. The molecule has 0 spiro atoms. The van der Waals surface area contributed by atoms with Crippen molar-refractivity contribution in [1.29, 1.82) is 0 Å². The lowest BCUT2D eigenvalue weighted by atomic mass is 9.88. The lowest BCUT2D eigenvalue weighted by molar-refractivity contribution is 0.102. The molecule has 3 heteroatoms. The fourth-order valence-electron chi connectivity index (χ4n) is 1.86. The maximum Gasteiger partial charge on any atom is 0.118 e. The van der Waals surface area contributed by atoms with E-state index < -0.39 is 5.60 Å². The Bertz CT molecular complexity index is 515. The summed E-state index contributed by atoms with van der Waals surface area (Å²) < 4.78 is 6.28. The van der Waals surface area contributed by atoms with Crippen molar-refractivity contribution in [2.75, 3.05) is 7.11 Å². The van der Waals surface area contributed by atoms with Gasteiger partial charge in [0.05, 0.1) is 7.11 Å². The number of hydrogen-bond donors (Lipinski definition) is 1. The summed E-state index contributed by atoms with van der Waals surface area (Å²) >= 11 is 2.25. The summed E-state index contributed by atoms with van der Waals surface area (Å²) in [7, 11) is 1.63. The molecule has 1 N–H and O–H groups in total. The Morgan fingerprint density at radius 3 is 1.83 bits per heavy atom. The van der Waals surface area contributed by atoms with Gasteiger partial charge in [-0.1, -0.05) is 24.3 Å². The number of benzene rings is 2. The van der Waals surface area contributed by atoms with Crippen molar-refractivity contribution in [3.63, 3.8) is 0 Å². The minimum absolute atomic E-state index is 0.789. The van der Waals surface area contributed by atoms with Crippen LogP contribution in [0.1, 0.15) is 18.1 Å². The van der Waals surface area contributed by atoms with E-state index in [0.29, 0.717) is 0 Å². The highest BCUT2D eigenvalue weighted by Crippen LogP contribution is 2.30. The van der Waals surface area contributed by atoms with E-state index in [1.165, 1.54) is 0 Å². The minimum atomic E-state index is -0.989. The Balaban J connectivity index is 2.37. The second kappa shape index (κ2) is 5.28. The maximum atomic E-state index is 10.7. The van der Waals surface area contributed by atoms with E-state index in [4.69, 9.17) is 4.74 Å². The number of ether oxygens (including phenoxy) is 1. The molecule has 0 saturated heterocycles. The van der Waals surface area contributed by atoms with Gasteiger partial charge in [-0.3, -0.25) is 0 Å². The summed E-state index contributed by atoms with van der Waals surface area (Å²) in [5.41, 5.74) is 0.744. The van der Waals surface area contributed by atoms with Crippen LogP contribution in [-0.4, -0.2) is 12.2 Å². The fraction of sp³-hybridized carbons (Fsp3) is 0.200. The van der Waals surface area contributed by atoms with Crippen LogP contribution in [0.4, 0.5) is 0 Å². The van der Waals surface area contributed by atoms with E-state index in [1.807, 2.05) is 48.5 Å². The summed E-state index contributed by atoms with van der Waals surface area (Å²) in [5, 5.41) is 10.7. The van der Waals surface area contributed by atoms with Crippen molar-refractivity contribution in [3.05, 3.63) is 63.2 Å². The molecule has 1 atom stereocenters. The van der Waals surface area contributed by atoms with Crippen molar-refractivity contribution in [1.82, 2.24) is 0 Å². The topological polar surface area (TPSA) is 29.5 Å². The zero-order valence-corrected chi connectivity index (χ0v) is 12.5. The third-order valence-electron chi connectivity index (χ3n) is 3.06. The van der Waals surface area contributed by atoms with Crippen LogP contribution in [0.5, 0.6) is 5.75 Å². The molecule has 2 aromatic carbocycles. The van der Waals surface area contributed by atoms with E-state index in [2.05, 4.69) is 22.6 Å². The van der Waals surface area contributed by atoms with Gasteiger partial charge in [-0.05, 0) is 64.9 Å². The Morgan fingerprint density at radius 2 is 1.39 bits per heavy atom. The molecule has 0 radical (unpaired) electrons. The van der Waals surface area contributed by atoms with E-state index in [0.717, 1.165) is 20.4 Å². The SMILES string of the molecule is COc1ccc(C(C)(O)c2ccc(I)cc2)cc1. The Labute approximate surface area is 121 Å². The first-order valence-corrected chi connectivity index (χ1v) is 6.75. The largest absolute Gasteiger partial charge is 0.497 e. The van der Waals surface area contributed by atoms with Crippen LogP contribution in [0.15, 0.2) is 48.5 Å². The Morgan fingerprint density at radius 1 is 0.944 bits per heavy atom. The first-order chi connectivity index (χ1) is 8.54. The molecule has 0 fully saturated rings. The summed E-state index contributed by atoms with van der Waals surface area (Å²) in [6.07, 6.45) is 0. The predicted octanol–water partition coefficient (Wildman–Crippen LogP) is 3.56. The summed E-state index contributed by atoms with van der Waals surface area (Å²) in [5.74, 6) is 0.789. The van der Waals surface area contributed by atoms with Gasteiger partial charge in [0, 0.05) is 3.57 Å². The first kappa shape index (κ1) is 13.4. The highest BCUT2D eigenvalue weighted by molar-refractivity contribution is 14.1. The monoisotopic (exact) mass is 354 g/mol. The van der Waals surface area contributed by atoms with Crippen LogP contribution < -0.4 is 4.74 Å². The molecule has 0 aliphatic heterocycles. The van der Waals surface area contributed by atoms with Crippen LogP contribution in [0.25, 0.3) is 0 Å². The molecule has 0 saturated carbocycles. The molecule has 0 aromatic heterocycles. The number of halogens is 1. The number of rotatable bonds is 3. The van der Waals surface area contributed by atoms with Gasteiger partial charge in [0.1, 0.15) is 11.4 Å². The van der Waals surface area contributed by atoms with Gasteiger partial charge in [0.2, 0.25) is 0 Å². The van der Waals surface area contributed by atoms with Crippen LogP contribution in [0.3, 0.4) is 0 Å². The van der Waals surface area contributed by atoms with Gasteiger partial charge in [0.15, 0.2) is 0 Å². The molecular formula is C15H15IO2. The van der Waals surface area contributed by atoms with Crippen LogP contribution in [-0.2, 0) is 5.60 Å². The fourth-order valence-corrected chi connectivity index (χ4v) is 2.22. The number of methoxy groups -OCH3 is 1. The predicted molar refractivity (Wildman–Crippen MR) is 80.8 cm³/mol. The van der Waals surface area contributed by atoms with Crippen molar-refractivity contribution in [3.8, 4) is 5.75 Å². The lowest BCUT2D eigenvalue weighted by Crippen LogP contribution is -2.22. The molecule has 0 bridgehead atoms. The van der Waals surface area contributed by atoms with Crippen LogP contribution >= 0.6 is 22.6 Å².